The van der Waals surface area contributed by atoms with Crippen LogP contribution in [0, 0.1) is 20.8 Å². The molecule has 1 fully saturated rings. The summed E-state index contributed by atoms with van der Waals surface area (Å²) < 4.78 is 1.98. The van der Waals surface area contributed by atoms with E-state index in [0.717, 1.165) is 29.8 Å². The Kier molecular flexibility index (Phi) is 3.45. The molecule has 0 atom stereocenters. The minimum atomic E-state index is -0.252. The quantitative estimate of drug-likeness (QED) is 0.945. The van der Waals surface area contributed by atoms with Gasteiger partial charge in [0.1, 0.15) is 5.82 Å². The first-order valence-electron chi connectivity index (χ1n) is 6.97. The number of amides is 1. The summed E-state index contributed by atoms with van der Waals surface area (Å²) in [6.45, 7) is 5.82. The topological polar surface area (TPSA) is 59.8 Å². The van der Waals surface area contributed by atoms with E-state index in [-0.39, 0.29) is 5.91 Å². The molecular weight excluding hydrogens is 288 g/mol. The summed E-state index contributed by atoms with van der Waals surface area (Å²) in [5, 5.41) is 11.4. The van der Waals surface area contributed by atoms with Gasteiger partial charge in [-0.05, 0) is 56.9 Å². The van der Waals surface area contributed by atoms with Crippen LogP contribution in [-0.4, -0.2) is 20.7 Å². The summed E-state index contributed by atoms with van der Waals surface area (Å²) in [4.78, 5) is 12.4. The highest BCUT2D eigenvalue weighted by Crippen LogP contribution is 2.37. The fourth-order valence-electron chi connectivity index (χ4n) is 2.35. The maximum Gasteiger partial charge on any atom is 0.259 e. The molecule has 1 saturated carbocycles. The lowest BCUT2D eigenvalue weighted by Gasteiger charge is -2.10. The van der Waals surface area contributed by atoms with Crippen molar-refractivity contribution in [2.75, 3.05) is 5.32 Å². The third kappa shape index (κ3) is 2.65. The van der Waals surface area contributed by atoms with Crippen LogP contribution in [-0.2, 0) is 0 Å². The van der Waals surface area contributed by atoms with Crippen molar-refractivity contribution in [1.82, 2.24) is 14.8 Å². The largest absolute Gasteiger partial charge is 0.294 e. The third-order valence-corrected chi connectivity index (χ3v) is 4.14. The summed E-state index contributed by atoms with van der Waals surface area (Å²) in [7, 11) is 0. The molecule has 1 aliphatic carbocycles. The van der Waals surface area contributed by atoms with Crippen LogP contribution in [0.15, 0.2) is 12.1 Å². The van der Waals surface area contributed by atoms with E-state index in [1.165, 1.54) is 0 Å². The van der Waals surface area contributed by atoms with Crippen LogP contribution in [0.3, 0.4) is 0 Å². The molecule has 1 aromatic heterocycles. The fraction of sp³-hybridized carbons (Fsp3) is 0.400. The van der Waals surface area contributed by atoms with E-state index in [2.05, 4.69) is 15.5 Å². The molecule has 0 saturated heterocycles. The molecule has 0 unspecified atom stereocenters. The summed E-state index contributed by atoms with van der Waals surface area (Å²) in [6, 6.07) is 4.02. The first-order valence-corrected chi connectivity index (χ1v) is 7.34. The van der Waals surface area contributed by atoms with Gasteiger partial charge in [0.25, 0.3) is 5.91 Å². The molecule has 6 heteroatoms. The number of benzene rings is 1. The zero-order valence-corrected chi connectivity index (χ0v) is 13.0. The monoisotopic (exact) mass is 304 g/mol. The molecule has 2 aromatic rings. The predicted molar refractivity (Wildman–Crippen MR) is 81.9 cm³/mol. The first kappa shape index (κ1) is 14.1. The average molecular weight is 305 g/mol. The highest BCUT2D eigenvalue weighted by Gasteiger charge is 2.29. The van der Waals surface area contributed by atoms with Crippen molar-refractivity contribution in [1.29, 1.82) is 0 Å². The lowest BCUT2D eigenvalue weighted by Crippen LogP contribution is -2.17. The predicted octanol–water partition coefficient (Wildman–Crippen LogP) is 3.44. The summed E-state index contributed by atoms with van der Waals surface area (Å²) in [6.07, 6.45) is 2.21. The maximum absolute atomic E-state index is 12.4. The maximum atomic E-state index is 12.4. The summed E-state index contributed by atoms with van der Waals surface area (Å²) >= 11 is 6.18. The highest BCUT2D eigenvalue weighted by molar-refractivity contribution is 6.34. The Bertz CT molecular complexity index is 719. The molecular formula is C15H17ClN4O. The number of anilines is 1. The van der Waals surface area contributed by atoms with Gasteiger partial charge in [-0.15, -0.1) is 10.2 Å². The number of nitrogens with zero attached hydrogens (tertiary/aromatic N) is 3. The molecule has 1 N–H and O–H groups in total. The van der Waals surface area contributed by atoms with Crippen molar-refractivity contribution < 1.29 is 4.79 Å². The lowest BCUT2D eigenvalue weighted by atomic mass is 10.1. The van der Waals surface area contributed by atoms with Crippen LogP contribution in [0.4, 0.5) is 5.95 Å². The molecule has 1 amide bonds. The molecule has 1 aliphatic rings. The van der Waals surface area contributed by atoms with Crippen molar-refractivity contribution in [3.05, 3.63) is 39.7 Å². The number of aromatic nitrogens is 3. The number of halogens is 1. The number of hydrogen-bond donors (Lipinski definition) is 1. The van der Waals surface area contributed by atoms with Gasteiger partial charge >= 0.3 is 0 Å². The van der Waals surface area contributed by atoms with Crippen molar-refractivity contribution in [2.45, 2.75) is 39.7 Å². The molecule has 110 valence electrons. The highest BCUT2D eigenvalue weighted by atomic mass is 35.5. The Balaban J connectivity index is 1.89. The molecule has 3 rings (SSSR count). The minimum Gasteiger partial charge on any atom is -0.294 e. The second kappa shape index (κ2) is 5.15. The molecule has 21 heavy (non-hydrogen) atoms. The van der Waals surface area contributed by atoms with Crippen LogP contribution in [0.25, 0.3) is 0 Å². The third-order valence-electron chi connectivity index (χ3n) is 3.83. The number of hydrogen-bond acceptors (Lipinski definition) is 3. The van der Waals surface area contributed by atoms with Gasteiger partial charge in [-0.1, -0.05) is 11.6 Å². The number of carbonyl (C=O) groups is 1. The summed E-state index contributed by atoms with van der Waals surface area (Å²) in [5.41, 5.74) is 2.56. The minimum absolute atomic E-state index is 0.252. The van der Waals surface area contributed by atoms with Crippen LogP contribution >= 0.6 is 11.6 Å². The lowest BCUT2D eigenvalue weighted by molar-refractivity contribution is 0.102. The Hall–Kier alpha value is -1.88. The van der Waals surface area contributed by atoms with Crippen LogP contribution in [0.1, 0.15) is 46.2 Å². The van der Waals surface area contributed by atoms with Gasteiger partial charge in [0, 0.05) is 6.04 Å². The Morgan fingerprint density at radius 2 is 1.90 bits per heavy atom. The molecule has 1 heterocycles. The van der Waals surface area contributed by atoms with Gasteiger partial charge < -0.3 is 0 Å². The van der Waals surface area contributed by atoms with Crippen molar-refractivity contribution >= 4 is 23.5 Å². The van der Waals surface area contributed by atoms with E-state index in [0.29, 0.717) is 22.6 Å². The van der Waals surface area contributed by atoms with Crippen LogP contribution in [0.5, 0.6) is 0 Å². The van der Waals surface area contributed by atoms with E-state index in [4.69, 9.17) is 11.6 Å². The molecule has 0 spiro atoms. The van der Waals surface area contributed by atoms with Gasteiger partial charge in [0.05, 0.1) is 10.6 Å². The van der Waals surface area contributed by atoms with E-state index >= 15 is 0 Å². The van der Waals surface area contributed by atoms with E-state index < -0.39 is 0 Å². The zero-order chi connectivity index (χ0) is 15.1. The smallest absolute Gasteiger partial charge is 0.259 e. The number of aryl methyl sites for hydroxylation is 3. The number of rotatable bonds is 3. The number of carbonyl (C=O) groups excluding carboxylic acids is 1. The van der Waals surface area contributed by atoms with Gasteiger partial charge in [-0.25, -0.2) is 0 Å². The average Bonchev–Trinajstić information content (AvgIpc) is 3.19. The second-order valence-electron chi connectivity index (χ2n) is 5.54. The van der Waals surface area contributed by atoms with E-state index in [1.807, 2.05) is 31.4 Å². The Morgan fingerprint density at radius 3 is 2.57 bits per heavy atom. The van der Waals surface area contributed by atoms with Gasteiger partial charge in [0.2, 0.25) is 5.95 Å². The summed E-state index contributed by atoms with van der Waals surface area (Å²) in [5.74, 6) is 1.06. The van der Waals surface area contributed by atoms with Gasteiger partial charge in [-0.3, -0.25) is 14.7 Å². The second-order valence-corrected chi connectivity index (χ2v) is 5.95. The molecule has 0 radical (unpaired) electrons. The van der Waals surface area contributed by atoms with Crippen molar-refractivity contribution in [3.8, 4) is 0 Å². The number of nitrogens with one attached hydrogen (secondary N) is 1. The SMILES string of the molecule is Cc1cc(Cl)c(C(=O)Nc2nnc(C)n2C2CC2)cc1C. The molecule has 1 aromatic carbocycles. The Labute approximate surface area is 128 Å². The fourth-order valence-corrected chi connectivity index (χ4v) is 2.65. The van der Waals surface area contributed by atoms with Crippen molar-refractivity contribution in [2.24, 2.45) is 0 Å². The first-order chi connectivity index (χ1) is 9.97. The Morgan fingerprint density at radius 1 is 1.24 bits per heavy atom. The zero-order valence-electron chi connectivity index (χ0n) is 12.3. The molecule has 0 aliphatic heterocycles. The molecule has 5 nitrogen and oxygen atoms in total. The van der Waals surface area contributed by atoms with Crippen molar-refractivity contribution in [3.63, 3.8) is 0 Å². The van der Waals surface area contributed by atoms with Gasteiger partial charge in [-0.2, -0.15) is 0 Å². The normalized spacial score (nSPS) is 14.3. The standard InChI is InChI=1S/C15H17ClN4O/c1-8-6-12(13(16)7-9(8)2)14(21)17-15-19-18-10(3)20(15)11-4-5-11/h6-7,11H,4-5H2,1-3H3,(H,17,19,21). The van der Waals surface area contributed by atoms with E-state index in [1.54, 1.807) is 6.07 Å². The van der Waals surface area contributed by atoms with Gasteiger partial charge in [0.15, 0.2) is 0 Å². The molecule has 0 bridgehead atoms. The van der Waals surface area contributed by atoms with Crippen LogP contribution < -0.4 is 5.32 Å². The van der Waals surface area contributed by atoms with E-state index in [9.17, 15) is 4.79 Å². The van der Waals surface area contributed by atoms with Crippen LogP contribution in [0.2, 0.25) is 5.02 Å².